The van der Waals surface area contributed by atoms with Gasteiger partial charge in [-0.2, -0.15) is 0 Å². The van der Waals surface area contributed by atoms with Gasteiger partial charge in [0, 0.05) is 17.0 Å². The summed E-state index contributed by atoms with van der Waals surface area (Å²) in [7, 11) is 2.86. The van der Waals surface area contributed by atoms with Gasteiger partial charge in [-0.25, -0.2) is 9.59 Å². The number of amides is 1. The van der Waals surface area contributed by atoms with E-state index in [9.17, 15) is 14.4 Å². The molecule has 2 aromatic heterocycles. The lowest BCUT2D eigenvalue weighted by Crippen LogP contribution is -2.42. The molecule has 0 unspecified atom stereocenters. The molecule has 0 aliphatic heterocycles. The van der Waals surface area contributed by atoms with E-state index >= 15 is 0 Å². The molecule has 0 saturated carbocycles. The van der Waals surface area contributed by atoms with Crippen molar-refractivity contribution < 1.29 is 28.3 Å². The maximum Gasteiger partial charge on any atom is 0.441 e. The van der Waals surface area contributed by atoms with E-state index in [2.05, 4.69) is 10.6 Å². The van der Waals surface area contributed by atoms with E-state index in [1.807, 2.05) is 0 Å². The second-order valence-corrected chi connectivity index (χ2v) is 8.54. The molecule has 9 nitrogen and oxygen atoms in total. The molecule has 1 aromatic carbocycles. The second-order valence-electron chi connectivity index (χ2n) is 7.43. The number of hydrogen-bond acceptors (Lipinski definition) is 7. The standard InChI is InChI=1S/C22H23N3O6S/c1-29-14-11-9-13(10-12-14)25-18(22(28)31-24-25)19(26)23-20-17(21(27)30-2)15-7-5-3-4-6-8-16(15)32-20/h9-12H,3-8H2,1-2H3,(H-,23,24,26,27,28)/p+1. The van der Waals surface area contributed by atoms with Gasteiger partial charge in [0.15, 0.2) is 0 Å². The van der Waals surface area contributed by atoms with E-state index in [1.165, 1.54) is 23.1 Å². The van der Waals surface area contributed by atoms with E-state index in [0.717, 1.165) is 49.0 Å². The Labute approximate surface area is 187 Å². The van der Waals surface area contributed by atoms with Crippen LogP contribution in [0.1, 0.15) is 57.0 Å². The van der Waals surface area contributed by atoms with Crippen LogP contribution in [-0.4, -0.2) is 31.4 Å². The SMILES string of the molecule is COC(=O)c1c(NC(=O)c2c(=O)o[nH][n+]2-c2ccc(OC)cc2)sc2c1CCCCCC2. The molecule has 0 spiro atoms. The Morgan fingerprint density at radius 3 is 2.50 bits per heavy atom. The summed E-state index contributed by atoms with van der Waals surface area (Å²) in [5, 5.41) is 5.59. The molecule has 32 heavy (non-hydrogen) atoms. The molecule has 0 bridgehead atoms. The highest BCUT2D eigenvalue weighted by Gasteiger charge is 2.33. The molecular formula is C22H24N3O6S+. The van der Waals surface area contributed by atoms with Crippen molar-refractivity contribution in [3.63, 3.8) is 0 Å². The van der Waals surface area contributed by atoms with Crippen LogP contribution in [0.15, 0.2) is 33.6 Å². The van der Waals surface area contributed by atoms with Crippen LogP contribution >= 0.6 is 11.3 Å². The monoisotopic (exact) mass is 458 g/mol. The van der Waals surface area contributed by atoms with Crippen molar-refractivity contribution in [2.75, 3.05) is 19.5 Å². The van der Waals surface area contributed by atoms with Gasteiger partial charge in [-0.1, -0.05) is 12.8 Å². The van der Waals surface area contributed by atoms with Crippen LogP contribution in [0.4, 0.5) is 5.00 Å². The highest BCUT2D eigenvalue weighted by molar-refractivity contribution is 7.17. The van der Waals surface area contributed by atoms with Gasteiger partial charge in [0.05, 0.1) is 19.8 Å². The number of rotatable bonds is 5. The van der Waals surface area contributed by atoms with E-state index < -0.39 is 17.5 Å². The summed E-state index contributed by atoms with van der Waals surface area (Å²) in [6, 6.07) is 6.75. The zero-order valence-electron chi connectivity index (χ0n) is 17.9. The first-order valence-electron chi connectivity index (χ1n) is 10.4. The topological polar surface area (TPSA) is 115 Å². The van der Waals surface area contributed by atoms with Crippen molar-refractivity contribution >= 4 is 28.2 Å². The smallest absolute Gasteiger partial charge is 0.441 e. The summed E-state index contributed by atoms with van der Waals surface area (Å²) in [4.78, 5) is 39.1. The quantitative estimate of drug-likeness (QED) is 0.449. The number of aryl methyl sites for hydroxylation is 1. The number of aromatic nitrogens is 2. The van der Waals surface area contributed by atoms with E-state index in [0.29, 0.717) is 22.0 Å². The lowest BCUT2D eigenvalue weighted by atomic mass is 9.96. The molecule has 1 aliphatic rings. The van der Waals surface area contributed by atoms with Gasteiger partial charge in [-0.3, -0.25) is 9.32 Å². The van der Waals surface area contributed by atoms with Crippen molar-refractivity contribution in [3.8, 4) is 11.4 Å². The summed E-state index contributed by atoms with van der Waals surface area (Å²) >= 11 is 1.36. The van der Waals surface area contributed by atoms with Crippen molar-refractivity contribution in [2.45, 2.75) is 38.5 Å². The fourth-order valence-electron chi connectivity index (χ4n) is 3.87. The van der Waals surface area contributed by atoms with Gasteiger partial charge in [0.2, 0.25) is 5.69 Å². The Kier molecular flexibility index (Phi) is 6.40. The molecule has 0 fully saturated rings. The number of benzene rings is 1. The van der Waals surface area contributed by atoms with Crippen molar-refractivity contribution in [1.29, 1.82) is 0 Å². The highest BCUT2D eigenvalue weighted by atomic mass is 32.1. The van der Waals surface area contributed by atoms with Crippen LogP contribution in [0.5, 0.6) is 5.75 Å². The fourth-order valence-corrected chi connectivity index (χ4v) is 5.14. The Morgan fingerprint density at radius 2 is 1.81 bits per heavy atom. The summed E-state index contributed by atoms with van der Waals surface area (Å²) in [6.07, 6.45) is 5.84. The van der Waals surface area contributed by atoms with Crippen LogP contribution in [0, 0.1) is 0 Å². The van der Waals surface area contributed by atoms with E-state index in [-0.39, 0.29) is 5.69 Å². The number of anilines is 1. The minimum absolute atomic E-state index is 0.244. The first-order valence-corrected chi connectivity index (χ1v) is 11.2. The molecule has 168 valence electrons. The average molecular weight is 459 g/mol. The van der Waals surface area contributed by atoms with E-state index in [1.54, 1.807) is 31.4 Å². The Balaban J connectivity index is 1.70. The zero-order valence-corrected chi connectivity index (χ0v) is 18.7. The number of nitrogens with zero attached hydrogens (tertiary/aromatic N) is 1. The van der Waals surface area contributed by atoms with E-state index in [4.69, 9.17) is 14.0 Å². The molecule has 2 heterocycles. The third-order valence-electron chi connectivity index (χ3n) is 5.48. The lowest BCUT2D eigenvalue weighted by Gasteiger charge is -2.10. The predicted octanol–water partition coefficient (Wildman–Crippen LogP) is 3.01. The number of carbonyl (C=O) groups is 2. The number of fused-ring (bicyclic) bond motifs is 1. The molecule has 0 atom stereocenters. The minimum atomic E-state index is -0.826. The van der Waals surface area contributed by atoms with Gasteiger partial charge in [-0.05, 0) is 53.3 Å². The second kappa shape index (κ2) is 9.39. The Hall–Kier alpha value is -3.40. The first kappa shape index (κ1) is 21.8. The summed E-state index contributed by atoms with van der Waals surface area (Å²) in [6.45, 7) is 0. The van der Waals surface area contributed by atoms with Crippen LogP contribution < -0.4 is 20.4 Å². The number of ether oxygens (including phenoxy) is 2. The number of hydrogen-bond donors (Lipinski definition) is 2. The molecule has 2 N–H and O–H groups in total. The van der Waals surface area contributed by atoms with Crippen LogP contribution in [0.25, 0.3) is 5.69 Å². The third-order valence-corrected chi connectivity index (χ3v) is 6.69. The fraction of sp³-hybridized carbons (Fsp3) is 0.364. The average Bonchev–Trinajstić information content (AvgIpc) is 3.33. The Bertz CT molecular complexity index is 1190. The van der Waals surface area contributed by atoms with Crippen molar-refractivity contribution in [1.82, 2.24) is 5.27 Å². The number of carbonyl (C=O) groups excluding carboxylic acids is 2. The number of esters is 1. The summed E-state index contributed by atoms with van der Waals surface area (Å²) in [5.41, 5.74) is 0.743. The van der Waals surface area contributed by atoms with Gasteiger partial charge in [0.25, 0.3) is 0 Å². The van der Waals surface area contributed by atoms with Gasteiger partial charge in [0.1, 0.15) is 10.8 Å². The Morgan fingerprint density at radius 1 is 1.09 bits per heavy atom. The minimum Gasteiger partial charge on any atom is -0.497 e. The third kappa shape index (κ3) is 4.18. The van der Waals surface area contributed by atoms with Crippen LogP contribution in [0.3, 0.4) is 0 Å². The molecule has 1 amide bonds. The molecule has 1 aliphatic carbocycles. The maximum absolute atomic E-state index is 13.1. The normalized spacial score (nSPS) is 13.6. The number of H-pyrrole nitrogens is 1. The number of methoxy groups -OCH3 is 2. The molecule has 3 aromatic rings. The molecule has 0 saturated heterocycles. The first-order chi connectivity index (χ1) is 15.5. The molecule has 10 heteroatoms. The molecular weight excluding hydrogens is 434 g/mol. The summed E-state index contributed by atoms with van der Waals surface area (Å²) in [5.74, 6) is -0.553. The number of thiophene rings is 1. The number of aromatic amines is 1. The largest absolute Gasteiger partial charge is 0.497 e. The highest BCUT2D eigenvalue weighted by Crippen LogP contribution is 2.37. The molecule has 0 radical (unpaired) electrons. The lowest BCUT2D eigenvalue weighted by molar-refractivity contribution is -0.672. The van der Waals surface area contributed by atoms with Crippen molar-refractivity contribution in [3.05, 3.63) is 56.4 Å². The molecule has 4 rings (SSSR count). The summed E-state index contributed by atoms with van der Waals surface area (Å²) < 4.78 is 16.3. The number of nitrogens with one attached hydrogen (secondary N) is 2. The van der Waals surface area contributed by atoms with Gasteiger partial charge < -0.3 is 14.8 Å². The van der Waals surface area contributed by atoms with Crippen molar-refractivity contribution in [2.24, 2.45) is 0 Å². The van der Waals surface area contributed by atoms with Crippen LogP contribution in [0.2, 0.25) is 0 Å². The van der Waals surface area contributed by atoms with Gasteiger partial charge in [-0.15, -0.1) is 11.3 Å². The predicted molar refractivity (Wildman–Crippen MR) is 117 cm³/mol. The van der Waals surface area contributed by atoms with Crippen LogP contribution in [-0.2, 0) is 17.6 Å². The van der Waals surface area contributed by atoms with Gasteiger partial charge >= 0.3 is 23.2 Å². The zero-order chi connectivity index (χ0) is 22.7. The maximum atomic E-state index is 13.1.